The van der Waals surface area contributed by atoms with Gasteiger partial charge in [-0.15, -0.1) is 0 Å². The van der Waals surface area contributed by atoms with Crippen LogP contribution < -0.4 is 21.9 Å². The van der Waals surface area contributed by atoms with E-state index in [4.69, 9.17) is 23.2 Å². The van der Waals surface area contributed by atoms with Crippen LogP contribution >= 0.6 is 23.2 Å². The molecule has 2 aromatic rings. The van der Waals surface area contributed by atoms with Crippen LogP contribution in [0.25, 0.3) is 0 Å². The van der Waals surface area contributed by atoms with Crippen molar-refractivity contribution in [1.82, 2.24) is 26.8 Å². The Bertz CT molecular complexity index is 549. The first-order chi connectivity index (χ1) is 10.7. The summed E-state index contributed by atoms with van der Waals surface area (Å²) in [5.41, 5.74) is 14.3. The fourth-order valence-corrected chi connectivity index (χ4v) is 2.57. The number of hydrogen-bond acceptors (Lipinski definition) is 5. The lowest BCUT2D eigenvalue weighted by Crippen LogP contribution is -2.49. The second-order valence-corrected chi connectivity index (χ2v) is 5.97. The standard InChI is InChI=1S/C15H17Cl2N5/c16-13-5-1-11(2-6-13)9-22(15-18-20-21-19-15)10-12-3-7-14(17)8-4-12/h1-8,15,18-21H,9-10H2. The van der Waals surface area contributed by atoms with Gasteiger partial charge in [0.05, 0.1) is 0 Å². The van der Waals surface area contributed by atoms with Crippen molar-refractivity contribution in [2.24, 2.45) is 0 Å². The topological polar surface area (TPSA) is 51.4 Å². The third kappa shape index (κ3) is 4.18. The monoisotopic (exact) mass is 337 g/mol. The quantitative estimate of drug-likeness (QED) is 0.675. The summed E-state index contributed by atoms with van der Waals surface area (Å²) < 4.78 is 0. The maximum Gasteiger partial charge on any atom is 0.142 e. The summed E-state index contributed by atoms with van der Waals surface area (Å²) >= 11 is 11.9. The minimum atomic E-state index is -0.0358. The predicted molar refractivity (Wildman–Crippen MR) is 88.5 cm³/mol. The Labute approximate surface area is 139 Å². The number of benzene rings is 2. The summed E-state index contributed by atoms with van der Waals surface area (Å²) in [6, 6.07) is 15.8. The second kappa shape index (κ2) is 7.39. The fourth-order valence-electron chi connectivity index (χ4n) is 2.31. The number of nitrogens with zero attached hydrogens (tertiary/aromatic N) is 1. The molecule has 7 heteroatoms. The zero-order valence-electron chi connectivity index (χ0n) is 11.8. The Morgan fingerprint density at radius 2 is 1.14 bits per heavy atom. The van der Waals surface area contributed by atoms with Gasteiger partial charge < -0.3 is 0 Å². The Kier molecular flexibility index (Phi) is 5.28. The van der Waals surface area contributed by atoms with E-state index in [1.54, 1.807) is 0 Å². The van der Waals surface area contributed by atoms with E-state index < -0.39 is 0 Å². The van der Waals surface area contributed by atoms with Crippen molar-refractivity contribution in [3.63, 3.8) is 0 Å². The lowest BCUT2D eigenvalue weighted by Gasteiger charge is -2.28. The number of nitrogens with one attached hydrogen (secondary N) is 4. The van der Waals surface area contributed by atoms with Crippen LogP contribution in [-0.2, 0) is 13.1 Å². The molecule has 0 unspecified atom stereocenters. The summed E-state index contributed by atoms with van der Waals surface area (Å²) in [4.78, 5) is 2.25. The number of rotatable bonds is 5. The first kappa shape index (κ1) is 15.7. The van der Waals surface area contributed by atoms with Crippen molar-refractivity contribution in [3.8, 4) is 0 Å². The summed E-state index contributed by atoms with van der Waals surface area (Å²) in [6.45, 7) is 1.54. The molecule has 0 aliphatic carbocycles. The first-order valence-electron chi connectivity index (χ1n) is 6.95. The second-order valence-electron chi connectivity index (χ2n) is 5.10. The maximum absolute atomic E-state index is 5.95. The van der Waals surface area contributed by atoms with Crippen LogP contribution in [0.2, 0.25) is 10.0 Å². The van der Waals surface area contributed by atoms with Crippen molar-refractivity contribution >= 4 is 23.2 Å². The van der Waals surface area contributed by atoms with E-state index in [2.05, 4.69) is 26.8 Å². The Morgan fingerprint density at radius 1 is 0.727 bits per heavy atom. The highest BCUT2D eigenvalue weighted by Crippen LogP contribution is 2.16. The van der Waals surface area contributed by atoms with Crippen LogP contribution in [0, 0.1) is 0 Å². The Hall–Kier alpha value is -1.18. The van der Waals surface area contributed by atoms with E-state index in [0.717, 1.165) is 23.1 Å². The van der Waals surface area contributed by atoms with Crippen LogP contribution in [0.1, 0.15) is 11.1 Å². The van der Waals surface area contributed by atoms with Crippen molar-refractivity contribution < 1.29 is 0 Å². The van der Waals surface area contributed by atoms with Gasteiger partial charge >= 0.3 is 0 Å². The summed E-state index contributed by atoms with van der Waals surface area (Å²) in [6.07, 6.45) is -0.0358. The van der Waals surface area contributed by atoms with Gasteiger partial charge in [0.25, 0.3) is 0 Å². The number of hydrogen-bond donors (Lipinski definition) is 4. The molecule has 22 heavy (non-hydrogen) atoms. The first-order valence-corrected chi connectivity index (χ1v) is 7.70. The van der Waals surface area contributed by atoms with Crippen LogP contribution in [0.3, 0.4) is 0 Å². The summed E-state index contributed by atoms with van der Waals surface area (Å²) in [5, 5.41) is 1.49. The summed E-state index contributed by atoms with van der Waals surface area (Å²) in [5.74, 6) is 0. The molecule has 0 bridgehead atoms. The number of halogens is 2. The molecule has 0 atom stereocenters. The van der Waals surface area contributed by atoms with E-state index in [1.807, 2.05) is 48.5 Å². The number of hydrazine groups is 3. The smallest absolute Gasteiger partial charge is 0.142 e. The largest absolute Gasteiger partial charge is 0.265 e. The Morgan fingerprint density at radius 3 is 1.55 bits per heavy atom. The van der Waals surface area contributed by atoms with E-state index in [-0.39, 0.29) is 6.29 Å². The molecular formula is C15H17Cl2N5. The van der Waals surface area contributed by atoms with E-state index in [1.165, 1.54) is 11.1 Å². The molecule has 1 aliphatic rings. The van der Waals surface area contributed by atoms with Gasteiger partial charge in [0.15, 0.2) is 0 Å². The van der Waals surface area contributed by atoms with E-state index in [9.17, 15) is 0 Å². The normalized spacial score (nSPS) is 15.6. The minimum absolute atomic E-state index is 0.0358. The third-order valence-electron chi connectivity index (χ3n) is 3.44. The van der Waals surface area contributed by atoms with Gasteiger partial charge in [-0.05, 0) is 35.4 Å². The summed E-state index contributed by atoms with van der Waals surface area (Å²) in [7, 11) is 0. The molecule has 2 aromatic carbocycles. The van der Waals surface area contributed by atoms with Crippen molar-refractivity contribution in [3.05, 3.63) is 69.7 Å². The van der Waals surface area contributed by atoms with Gasteiger partial charge in [-0.3, -0.25) is 4.90 Å². The Balaban J connectivity index is 1.74. The molecule has 0 aromatic heterocycles. The molecule has 1 aliphatic heterocycles. The van der Waals surface area contributed by atoms with Gasteiger partial charge in [-0.1, -0.05) is 47.5 Å². The lowest BCUT2D eigenvalue weighted by atomic mass is 10.1. The van der Waals surface area contributed by atoms with Gasteiger partial charge in [0.2, 0.25) is 0 Å². The molecule has 116 valence electrons. The average Bonchev–Trinajstić information content (AvgIpc) is 3.05. The predicted octanol–water partition coefficient (Wildman–Crippen LogP) is 2.40. The molecule has 4 N–H and O–H groups in total. The van der Waals surface area contributed by atoms with Gasteiger partial charge in [-0.25, -0.2) is 10.9 Å². The SMILES string of the molecule is Clc1ccc(CN(Cc2ccc(Cl)cc2)C2NNNN2)cc1. The van der Waals surface area contributed by atoms with Crippen LogP contribution in [0.5, 0.6) is 0 Å². The third-order valence-corrected chi connectivity index (χ3v) is 3.95. The molecule has 5 nitrogen and oxygen atoms in total. The van der Waals surface area contributed by atoms with Crippen LogP contribution in [-0.4, -0.2) is 11.2 Å². The van der Waals surface area contributed by atoms with Crippen molar-refractivity contribution in [2.75, 3.05) is 0 Å². The molecule has 1 saturated heterocycles. The highest BCUT2D eigenvalue weighted by atomic mass is 35.5. The highest BCUT2D eigenvalue weighted by Gasteiger charge is 2.21. The van der Waals surface area contributed by atoms with Crippen molar-refractivity contribution in [2.45, 2.75) is 19.4 Å². The molecule has 1 heterocycles. The van der Waals surface area contributed by atoms with Gasteiger partial charge in [-0.2, -0.15) is 11.1 Å². The van der Waals surface area contributed by atoms with Gasteiger partial charge in [0, 0.05) is 23.1 Å². The average molecular weight is 338 g/mol. The fraction of sp³-hybridized carbons (Fsp3) is 0.200. The molecule has 0 amide bonds. The minimum Gasteiger partial charge on any atom is -0.265 e. The van der Waals surface area contributed by atoms with Gasteiger partial charge in [0.1, 0.15) is 6.29 Å². The van der Waals surface area contributed by atoms with E-state index in [0.29, 0.717) is 0 Å². The molecule has 0 spiro atoms. The highest BCUT2D eigenvalue weighted by molar-refractivity contribution is 6.30. The molecule has 0 saturated carbocycles. The molecule has 3 rings (SSSR count). The lowest BCUT2D eigenvalue weighted by molar-refractivity contribution is 0.139. The zero-order chi connectivity index (χ0) is 15.4. The molecular weight excluding hydrogens is 321 g/mol. The van der Waals surface area contributed by atoms with Crippen molar-refractivity contribution in [1.29, 1.82) is 0 Å². The molecule has 0 radical (unpaired) electrons. The zero-order valence-corrected chi connectivity index (χ0v) is 13.3. The van der Waals surface area contributed by atoms with E-state index >= 15 is 0 Å². The molecule has 1 fully saturated rings. The van der Waals surface area contributed by atoms with Crippen LogP contribution in [0.4, 0.5) is 0 Å². The van der Waals surface area contributed by atoms with Crippen LogP contribution in [0.15, 0.2) is 48.5 Å². The maximum atomic E-state index is 5.95.